The van der Waals surface area contributed by atoms with E-state index in [1.165, 1.54) is 0 Å². The summed E-state index contributed by atoms with van der Waals surface area (Å²) in [5, 5.41) is 3.20. The Hall–Kier alpha value is -1.40. The van der Waals surface area contributed by atoms with Gasteiger partial charge in [0.2, 0.25) is 0 Å². The Morgan fingerprint density at radius 1 is 0.962 bits per heavy atom. The molecule has 1 fully saturated rings. The molecule has 1 atom stereocenters. The molecular formula is C19H24Cl2F2N2O. The van der Waals surface area contributed by atoms with Crippen LogP contribution in [0.4, 0.5) is 8.78 Å². The molecule has 1 saturated heterocycles. The second-order valence-corrected chi connectivity index (χ2v) is 5.91. The van der Waals surface area contributed by atoms with Crippen LogP contribution in [-0.2, 0) is 6.61 Å². The summed E-state index contributed by atoms with van der Waals surface area (Å²) in [5.74, 6) is 0.622. The summed E-state index contributed by atoms with van der Waals surface area (Å²) in [6.07, 6.45) is -2.42. The van der Waals surface area contributed by atoms with E-state index in [0.717, 1.165) is 18.7 Å². The number of nitrogens with one attached hydrogen (secondary N) is 1. The van der Waals surface area contributed by atoms with Gasteiger partial charge in [-0.2, -0.15) is 0 Å². The third kappa shape index (κ3) is 6.09. The molecule has 0 radical (unpaired) electrons. The van der Waals surface area contributed by atoms with Gasteiger partial charge in [-0.1, -0.05) is 42.5 Å². The molecule has 0 saturated carbocycles. The van der Waals surface area contributed by atoms with Crippen LogP contribution in [0, 0.1) is 0 Å². The Bertz CT molecular complexity index is 640. The quantitative estimate of drug-likeness (QED) is 0.775. The van der Waals surface area contributed by atoms with E-state index in [-0.39, 0.29) is 24.8 Å². The van der Waals surface area contributed by atoms with Crippen molar-refractivity contribution in [3.63, 3.8) is 0 Å². The Morgan fingerprint density at radius 3 is 2.31 bits per heavy atom. The van der Waals surface area contributed by atoms with Gasteiger partial charge < -0.3 is 10.1 Å². The zero-order valence-electron chi connectivity index (χ0n) is 14.3. The predicted octanol–water partition coefficient (Wildman–Crippen LogP) is 4.32. The fourth-order valence-corrected chi connectivity index (χ4v) is 3.01. The van der Waals surface area contributed by atoms with E-state index in [2.05, 4.69) is 5.32 Å². The molecule has 2 aromatic carbocycles. The van der Waals surface area contributed by atoms with E-state index >= 15 is 0 Å². The summed E-state index contributed by atoms with van der Waals surface area (Å²) in [7, 11) is 0. The molecule has 7 heteroatoms. The molecule has 0 spiro atoms. The van der Waals surface area contributed by atoms with E-state index in [1.54, 1.807) is 18.2 Å². The molecule has 0 unspecified atom stereocenters. The third-order valence-corrected chi connectivity index (χ3v) is 4.23. The number of ether oxygens (including phenoxy) is 1. The summed E-state index contributed by atoms with van der Waals surface area (Å²) in [5.41, 5.74) is 1.66. The van der Waals surface area contributed by atoms with Crippen molar-refractivity contribution < 1.29 is 13.5 Å². The summed E-state index contributed by atoms with van der Waals surface area (Å²) in [6, 6.07) is 16.0. The third-order valence-electron chi connectivity index (χ3n) is 4.23. The van der Waals surface area contributed by atoms with Gasteiger partial charge >= 0.3 is 0 Å². The zero-order chi connectivity index (χ0) is 16.8. The average Bonchev–Trinajstić information content (AvgIpc) is 2.62. The molecule has 1 heterocycles. The zero-order valence-corrected chi connectivity index (χ0v) is 15.9. The molecule has 1 aliphatic rings. The highest BCUT2D eigenvalue weighted by molar-refractivity contribution is 5.85. The number of hydrogen-bond acceptors (Lipinski definition) is 3. The molecule has 0 aromatic heterocycles. The van der Waals surface area contributed by atoms with Crippen molar-refractivity contribution in [3.05, 3.63) is 65.7 Å². The first-order chi connectivity index (χ1) is 11.7. The standard InChI is InChI=1S/C19H22F2N2O.2ClH/c20-19(21)18(23-11-9-22-10-12-23)16-7-4-8-17(13-16)24-14-15-5-2-1-3-6-15;;/h1-8,13,18-19,22H,9-12,14H2;2*1H/t18-;;/m0../s1. The lowest BCUT2D eigenvalue weighted by atomic mass is 10.0. The highest BCUT2D eigenvalue weighted by atomic mass is 35.5. The fourth-order valence-electron chi connectivity index (χ4n) is 3.01. The number of piperazine rings is 1. The number of alkyl halides is 2. The topological polar surface area (TPSA) is 24.5 Å². The van der Waals surface area contributed by atoms with E-state index in [4.69, 9.17) is 4.74 Å². The lowest BCUT2D eigenvalue weighted by molar-refractivity contribution is 0.0181. The maximum Gasteiger partial charge on any atom is 0.258 e. The van der Waals surface area contributed by atoms with Gasteiger partial charge in [-0.15, -0.1) is 24.8 Å². The van der Waals surface area contributed by atoms with Crippen LogP contribution in [0.1, 0.15) is 17.2 Å². The van der Waals surface area contributed by atoms with E-state index in [0.29, 0.717) is 31.0 Å². The molecule has 2 aromatic rings. The van der Waals surface area contributed by atoms with Gasteiger partial charge in [0.15, 0.2) is 0 Å². The Morgan fingerprint density at radius 2 is 1.65 bits per heavy atom. The van der Waals surface area contributed by atoms with Gasteiger partial charge in [-0.05, 0) is 23.3 Å². The summed E-state index contributed by atoms with van der Waals surface area (Å²) in [4.78, 5) is 1.84. The highest BCUT2D eigenvalue weighted by Crippen LogP contribution is 2.30. The van der Waals surface area contributed by atoms with Crippen molar-refractivity contribution in [2.45, 2.75) is 19.1 Å². The lowest BCUT2D eigenvalue weighted by Gasteiger charge is -2.34. The van der Waals surface area contributed by atoms with E-state index < -0.39 is 12.5 Å². The number of benzene rings is 2. The van der Waals surface area contributed by atoms with E-state index in [9.17, 15) is 8.78 Å². The van der Waals surface area contributed by atoms with Crippen LogP contribution in [0.5, 0.6) is 5.75 Å². The smallest absolute Gasteiger partial charge is 0.258 e. The minimum absolute atomic E-state index is 0. The van der Waals surface area contributed by atoms with E-state index in [1.807, 2.05) is 41.3 Å². The molecule has 0 amide bonds. The van der Waals surface area contributed by atoms with Gasteiger partial charge in [0.05, 0.1) is 6.04 Å². The van der Waals surface area contributed by atoms with Gasteiger partial charge in [0.1, 0.15) is 12.4 Å². The summed E-state index contributed by atoms with van der Waals surface area (Å²) >= 11 is 0. The largest absolute Gasteiger partial charge is 0.489 e. The summed E-state index contributed by atoms with van der Waals surface area (Å²) in [6.45, 7) is 3.17. The molecule has 0 bridgehead atoms. The van der Waals surface area contributed by atoms with Crippen LogP contribution in [-0.4, -0.2) is 37.5 Å². The first kappa shape index (κ1) is 22.6. The van der Waals surface area contributed by atoms with Gasteiger partial charge in [0.25, 0.3) is 6.43 Å². The fraction of sp³-hybridized carbons (Fsp3) is 0.368. The molecule has 1 aliphatic heterocycles. The molecule has 144 valence electrons. The van der Waals surface area contributed by atoms with Crippen LogP contribution < -0.4 is 10.1 Å². The maximum absolute atomic E-state index is 13.6. The molecular weight excluding hydrogens is 381 g/mol. The normalized spacial score (nSPS) is 15.7. The maximum atomic E-state index is 13.6. The average molecular weight is 405 g/mol. The number of nitrogens with zero attached hydrogens (tertiary/aromatic N) is 1. The van der Waals surface area contributed by atoms with Crippen molar-refractivity contribution >= 4 is 24.8 Å². The number of rotatable bonds is 6. The molecule has 1 N–H and O–H groups in total. The van der Waals surface area contributed by atoms with Crippen LogP contribution in [0.3, 0.4) is 0 Å². The number of hydrogen-bond donors (Lipinski definition) is 1. The van der Waals surface area contributed by atoms with Crippen molar-refractivity contribution in [2.75, 3.05) is 26.2 Å². The minimum Gasteiger partial charge on any atom is -0.489 e. The van der Waals surface area contributed by atoms with Crippen LogP contribution in [0.25, 0.3) is 0 Å². The second-order valence-electron chi connectivity index (χ2n) is 5.91. The van der Waals surface area contributed by atoms with Crippen molar-refractivity contribution in [3.8, 4) is 5.75 Å². The first-order valence-electron chi connectivity index (χ1n) is 8.23. The van der Waals surface area contributed by atoms with Gasteiger partial charge in [-0.3, -0.25) is 4.90 Å². The molecule has 0 aliphatic carbocycles. The summed E-state index contributed by atoms with van der Waals surface area (Å²) < 4.78 is 33.1. The van der Waals surface area contributed by atoms with Gasteiger partial charge in [0, 0.05) is 26.2 Å². The van der Waals surface area contributed by atoms with Crippen LogP contribution in [0.15, 0.2) is 54.6 Å². The monoisotopic (exact) mass is 404 g/mol. The molecule has 26 heavy (non-hydrogen) atoms. The van der Waals surface area contributed by atoms with Crippen molar-refractivity contribution in [1.29, 1.82) is 0 Å². The SMILES string of the molecule is Cl.Cl.FC(F)[C@H](c1cccc(OCc2ccccc2)c1)N1CCNCC1. The predicted molar refractivity (Wildman–Crippen MR) is 105 cm³/mol. The number of halogens is 4. The molecule has 3 rings (SSSR count). The Kier molecular flexibility index (Phi) is 9.88. The Labute approximate surface area is 165 Å². The molecule has 3 nitrogen and oxygen atoms in total. The van der Waals surface area contributed by atoms with Crippen molar-refractivity contribution in [2.24, 2.45) is 0 Å². The first-order valence-corrected chi connectivity index (χ1v) is 8.23. The van der Waals surface area contributed by atoms with Crippen LogP contribution in [0.2, 0.25) is 0 Å². The second kappa shape index (κ2) is 11.3. The Balaban J connectivity index is 0.00000169. The minimum atomic E-state index is -2.42. The highest BCUT2D eigenvalue weighted by Gasteiger charge is 2.30. The van der Waals surface area contributed by atoms with Gasteiger partial charge in [-0.25, -0.2) is 8.78 Å². The van der Waals surface area contributed by atoms with Crippen LogP contribution >= 0.6 is 24.8 Å². The van der Waals surface area contributed by atoms with Crippen molar-refractivity contribution in [1.82, 2.24) is 10.2 Å². The lowest BCUT2D eigenvalue weighted by Crippen LogP contribution is -2.46.